The number of imidazole rings is 1. The van der Waals surface area contributed by atoms with Crippen molar-refractivity contribution in [3.63, 3.8) is 0 Å². The van der Waals surface area contributed by atoms with Gasteiger partial charge in [-0.05, 0) is 12.1 Å². The molecule has 1 saturated heterocycles. The molecule has 10 nitrogen and oxygen atoms in total. The average molecular weight is 433 g/mol. The van der Waals surface area contributed by atoms with E-state index in [4.69, 9.17) is 16.3 Å². The maximum atomic E-state index is 13.2. The molecule has 0 aliphatic carbocycles. The van der Waals surface area contributed by atoms with Gasteiger partial charge in [0, 0.05) is 33.2 Å². The predicted molar refractivity (Wildman–Crippen MR) is 113 cm³/mol. The van der Waals surface area contributed by atoms with Crippen LogP contribution in [0.25, 0.3) is 16.9 Å². The second-order valence-electron chi connectivity index (χ2n) is 6.92. The molecule has 0 spiro atoms. The van der Waals surface area contributed by atoms with Crippen molar-refractivity contribution < 1.29 is 9.53 Å². The molecule has 0 saturated carbocycles. The van der Waals surface area contributed by atoms with Crippen LogP contribution < -0.4 is 21.5 Å². The Morgan fingerprint density at radius 1 is 1.23 bits per heavy atom. The Labute approximate surface area is 176 Å². The van der Waals surface area contributed by atoms with E-state index >= 15 is 0 Å². The predicted octanol–water partition coefficient (Wildman–Crippen LogP) is 0.122. The summed E-state index contributed by atoms with van der Waals surface area (Å²) in [7, 11) is 2.60. The number of hydrogen-bond acceptors (Lipinski definition) is 7. The molecule has 11 heteroatoms. The fourth-order valence-corrected chi connectivity index (χ4v) is 3.79. The van der Waals surface area contributed by atoms with Gasteiger partial charge in [0.05, 0.1) is 17.8 Å². The first-order valence-corrected chi connectivity index (χ1v) is 9.81. The Bertz CT molecular complexity index is 1240. The van der Waals surface area contributed by atoms with Gasteiger partial charge in [-0.25, -0.2) is 4.79 Å². The molecule has 1 N–H and O–H groups in total. The summed E-state index contributed by atoms with van der Waals surface area (Å²) >= 11 is 6.47. The van der Waals surface area contributed by atoms with Crippen molar-refractivity contribution >= 4 is 34.7 Å². The molecule has 158 valence electrons. The normalized spacial score (nSPS) is 14.3. The maximum absolute atomic E-state index is 13.2. The number of methoxy groups -OCH3 is 1. The first-order valence-electron chi connectivity index (χ1n) is 9.43. The largest absolute Gasteiger partial charge is 0.468 e. The number of benzene rings is 1. The van der Waals surface area contributed by atoms with Crippen LogP contribution in [0.2, 0.25) is 5.02 Å². The number of nitrogens with zero attached hydrogens (tertiary/aromatic N) is 5. The molecule has 0 bridgehead atoms. The molecule has 3 aromatic rings. The summed E-state index contributed by atoms with van der Waals surface area (Å²) in [5, 5.41) is 3.71. The fourth-order valence-electron chi connectivity index (χ4n) is 3.57. The number of rotatable bonds is 4. The van der Waals surface area contributed by atoms with Crippen LogP contribution in [-0.2, 0) is 23.1 Å². The molecule has 1 aliphatic heterocycles. The number of halogens is 1. The van der Waals surface area contributed by atoms with E-state index in [0.29, 0.717) is 29.7 Å². The molecule has 0 unspecified atom stereocenters. The lowest BCUT2D eigenvalue weighted by Crippen LogP contribution is -2.44. The van der Waals surface area contributed by atoms with Gasteiger partial charge in [0.15, 0.2) is 11.2 Å². The molecule has 30 heavy (non-hydrogen) atoms. The monoisotopic (exact) mass is 432 g/mol. The van der Waals surface area contributed by atoms with Crippen molar-refractivity contribution in [2.24, 2.45) is 7.05 Å². The van der Waals surface area contributed by atoms with E-state index in [-0.39, 0.29) is 17.7 Å². The van der Waals surface area contributed by atoms with Gasteiger partial charge >= 0.3 is 11.7 Å². The van der Waals surface area contributed by atoms with Crippen LogP contribution in [0.5, 0.6) is 0 Å². The minimum absolute atomic E-state index is 0.113. The zero-order chi connectivity index (χ0) is 21.4. The average Bonchev–Trinajstić information content (AvgIpc) is 3.16. The number of fused-ring (bicyclic) bond motifs is 1. The molecule has 1 fully saturated rings. The van der Waals surface area contributed by atoms with E-state index < -0.39 is 17.2 Å². The third kappa shape index (κ3) is 3.27. The van der Waals surface area contributed by atoms with E-state index in [9.17, 15) is 14.4 Å². The third-order valence-electron chi connectivity index (χ3n) is 5.13. The number of nitrogens with one attached hydrogen (secondary N) is 1. The van der Waals surface area contributed by atoms with Crippen LogP contribution >= 0.6 is 11.6 Å². The summed E-state index contributed by atoms with van der Waals surface area (Å²) in [4.78, 5) is 44.5. The Hall–Kier alpha value is -3.11. The zero-order valence-corrected chi connectivity index (χ0v) is 17.3. The van der Waals surface area contributed by atoms with E-state index in [2.05, 4.69) is 10.3 Å². The molecule has 0 amide bonds. The van der Waals surface area contributed by atoms with Crippen LogP contribution in [0.15, 0.2) is 33.9 Å². The molecule has 3 heterocycles. The van der Waals surface area contributed by atoms with Crippen LogP contribution in [0, 0.1) is 0 Å². The number of para-hydroxylation sites is 1. The minimum Gasteiger partial charge on any atom is -0.468 e. The lowest BCUT2D eigenvalue weighted by molar-refractivity contribution is -0.141. The molecule has 0 radical (unpaired) electrons. The van der Waals surface area contributed by atoms with Gasteiger partial charge in [-0.1, -0.05) is 23.7 Å². The highest BCUT2D eigenvalue weighted by atomic mass is 35.5. The van der Waals surface area contributed by atoms with Crippen molar-refractivity contribution in [2.75, 3.05) is 38.2 Å². The Morgan fingerprint density at radius 3 is 2.60 bits per heavy atom. The van der Waals surface area contributed by atoms with Crippen molar-refractivity contribution in [1.29, 1.82) is 0 Å². The van der Waals surface area contributed by atoms with E-state index in [1.807, 2.05) is 11.0 Å². The standard InChI is InChI=1S/C19H21ClN6O4/c1-23-17(28)15-16(25(19(23)29)11-14(27)30-2)22-18(24-9-7-21-8-10-24)26(15)13-6-4-3-5-12(13)20/h3-6,21H,7-11H2,1-2H3. The number of aromatic nitrogens is 4. The smallest absolute Gasteiger partial charge is 0.333 e. The topological polar surface area (TPSA) is 103 Å². The second-order valence-corrected chi connectivity index (χ2v) is 7.32. The molecule has 0 atom stereocenters. The first kappa shape index (κ1) is 20.2. The summed E-state index contributed by atoms with van der Waals surface area (Å²) in [6, 6.07) is 7.10. The summed E-state index contributed by atoms with van der Waals surface area (Å²) in [6.45, 7) is 2.46. The van der Waals surface area contributed by atoms with Crippen LogP contribution in [0.3, 0.4) is 0 Å². The van der Waals surface area contributed by atoms with E-state index in [0.717, 1.165) is 22.2 Å². The second kappa shape index (κ2) is 7.96. The van der Waals surface area contributed by atoms with Crippen molar-refractivity contribution in [3.05, 3.63) is 50.1 Å². The number of hydrogen-bond donors (Lipinski definition) is 1. The fraction of sp³-hybridized carbons (Fsp3) is 0.368. The lowest BCUT2D eigenvalue weighted by atomic mass is 10.3. The van der Waals surface area contributed by atoms with Crippen LogP contribution in [0.4, 0.5) is 5.95 Å². The van der Waals surface area contributed by atoms with Crippen molar-refractivity contribution in [3.8, 4) is 5.69 Å². The molecule has 1 aromatic carbocycles. The molecule has 4 rings (SSSR count). The third-order valence-corrected chi connectivity index (χ3v) is 5.45. The molecule has 2 aromatic heterocycles. The van der Waals surface area contributed by atoms with Gasteiger partial charge in [-0.15, -0.1) is 0 Å². The highest BCUT2D eigenvalue weighted by Crippen LogP contribution is 2.29. The van der Waals surface area contributed by atoms with Gasteiger partial charge < -0.3 is 15.0 Å². The number of carbonyl (C=O) groups excluding carboxylic acids is 1. The Balaban J connectivity index is 2.11. The number of piperazine rings is 1. The molecular formula is C19H21ClN6O4. The van der Waals surface area contributed by atoms with Crippen molar-refractivity contribution in [1.82, 2.24) is 24.0 Å². The highest BCUT2D eigenvalue weighted by molar-refractivity contribution is 6.32. The molecular weight excluding hydrogens is 412 g/mol. The Kier molecular flexibility index (Phi) is 5.35. The number of ether oxygens (including phenoxy) is 1. The summed E-state index contributed by atoms with van der Waals surface area (Å²) in [5.41, 5.74) is -0.321. The van der Waals surface area contributed by atoms with Crippen LogP contribution in [0.1, 0.15) is 0 Å². The van der Waals surface area contributed by atoms with Gasteiger partial charge in [-0.2, -0.15) is 4.98 Å². The maximum Gasteiger partial charge on any atom is 0.333 e. The summed E-state index contributed by atoms with van der Waals surface area (Å²) in [6.07, 6.45) is 0. The van der Waals surface area contributed by atoms with Gasteiger partial charge in [-0.3, -0.25) is 23.3 Å². The SMILES string of the molecule is COC(=O)Cn1c(=O)n(C)c(=O)c2c1nc(N1CCNCC1)n2-c1ccccc1Cl. The van der Waals surface area contributed by atoms with E-state index in [1.165, 1.54) is 14.2 Å². The number of carbonyl (C=O) groups is 1. The first-order chi connectivity index (χ1) is 14.4. The Morgan fingerprint density at radius 2 is 1.93 bits per heavy atom. The number of anilines is 1. The van der Waals surface area contributed by atoms with E-state index in [1.54, 1.807) is 22.8 Å². The van der Waals surface area contributed by atoms with Gasteiger partial charge in [0.25, 0.3) is 5.56 Å². The van der Waals surface area contributed by atoms with Gasteiger partial charge in [0.1, 0.15) is 6.54 Å². The lowest BCUT2D eigenvalue weighted by Gasteiger charge is -2.28. The molecule has 1 aliphatic rings. The summed E-state index contributed by atoms with van der Waals surface area (Å²) in [5.74, 6) is -0.131. The highest BCUT2D eigenvalue weighted by Gasteiger charge is 2.27. The van der Waals surface area contributed by atoms with Gasteiger partial charge in [0.2, 0.25) is 5.95 Å². The minimum atomic E-state index is -0.645. The van der Waals surface area contributed by atoms with Crippen molar-refractivity contribution in [2.45, 2.75) is 6.54 Å². The zero-order valence-electron chi connectivity index (χ0n) is 16.6. The summed E-state index contributed by atoms with van der Waals surface area (Å²) < 4.78 is 8.50. The quantitative estimate of drug-likeness (QED) is 0.584. The number of esters is 1. The van der Waals surface area contributed by atoms with Crippen LogP contribution in [-0.4, -0.2) is 57.9 Å².